The molecule has 0 spiro atoms. The third-order valence-electron chi connectivity index (χ3n) is 4.49. The van der Waals surface area contributed by atoms with Crippen LogP contribution in [0.2, 0.25) is 6.04 Å². The first-order chi connectivity index (χ1) is 12.6. The molecule has 0 aliphatic heterocycles. The summed E-state index contributed by atoms with van der Waals surface area (Å²) in [6.07, 6.45) is 14.3. The molecule has 0 saturated heterocycles. The van der Waals surface area contributed by atoms with Crippen LogP contribution >= 0.6 is 0 Å². The average Bonchev–Trinajstić information content (AvgIpc) is 2.61. The van der Waals surface area contributed by atoms with E-state index in [9.17, 15) is 4.79 Å². The molecule has 0 saturated carbocycles. The van der Waals surface area contributed by atoms with Crippen LogP contribution in [-0.2, 0) is 13.6 Å². The lowest BCUT2D eigenvalue weighted by Gasteiger charge is -2.14. The first-order valence-electron chi connectivity index (χ1n) is 10.8. The van der Waals surface area contributed by atoms with Crippen molar-refractivity contribution in [1.29, 1.82) is 0 Å². The van der Waals surface area contributed by atoms with Crippen molar-refractivity contribution in [2.45, 2.75) is 97.4 Å². The highest BCUT2D eigenvalue weighted by Crippen LogP contribution is 2.13. The molecule has 5 heteroatoms. The molecule has 0 aliphatic rings. The van der Waals surface area contributed by atoms with Gasteiger partial charge in [-0.25, -0.2) is 0 Å². The van der Waals surface area contributed by atoms with Gasteiger partial charge in [0.25, 0.3) is 0 Å². The number of hydrogen-bond acceptors (Lipinski definition) is 3. The van der Waals surface area contributed by atoms with Gasteiger partial charge in [-0.1, -0.05) is 70.8 Å². The fourth-order valence-electron chi connectivity index (χ4n) is 2.97. The second kappa shape index (κ2) is 19.1. The maximum absolute atomic E-state index is 11.3. The second-order valence-corrected chi connectivity index (χ2v) is 9.16. The Morgan fingerprint density at radius 2 is 1.23 bits per heavy atom. The molecule has 0 aliphatic carbocycles. The average molecular weight is 386 g/mol. The van der Waals surface area contributed by atoms with Crippen LogP contribution in [0.1, 0.15) is 91.4 Å². The van der Waals surface area contributed by atoms with Crippen LogP contribution in [0, 0.1) is 0 Å². The molecule has 0 bridgehead atoms. The molecule has 0 aromatic heterocycles. The van der Waals surface area contributed by atoms with Gasteiger partial charge in [0.15, 0.2) is 0 Å². The van der Waals surface area contributed by atoms with Gasteiger partial charge >= 0.3 is 9.28 Å². The van der Waals surface area contributed by atoms with Gasteiger partial charge in [0, 0.05) is 25.3 Å². The maximum Gasteiger partial charge on any atom is 0.321 e. The monoisotopic (exact) mass is 385 g/mol. The van der Waals surface area contributed by atoms with Crippen LogP contribution in [-0.4, -0.2) is 34.9 Å². The Labute approximate surface area is 164 Å². The summed E-state index contributed by atoms with van der Waals surface area (Å²) in [5.41, 5.74) is 0.593. The summed E-state index contributed by atoms with van der Waals surface area (Å²) in [6, 6.07) is 1.16. The molecule has 0 heterocycles. The second-order valence-electron chi connectivity index (χ2n) is 7.05. The zero-order valence-electron chi connectivity index (χ0n) is 17.6. The molecule has 1 amide bonds. The highest BCUT2D eigenvalue weighted by Gasteiger charge is 2.10. The van der Waals surface area contributed by atoms with Crippen LogP contribution in [0.3, 0.4) is 0 Å². The number of carbonyl (C=O) groups is 1. The summed E-state index contributed by atoms with van der Waals surface area (Å²) < 4.78 is 11.4. The van der Waals surface area contributed by atoms with E-state index in [1.807, 2.05) is 0 Å². The van der Waals surface area contributed by atoms with Crippen LogP contribution in [0.25, 0.3) is 0 Å². The van der Waals surface area contributed by atoms with Gasteiger partial charge < -0.3 is 14.2 Å². The smallest absolute Gasteiger partial charge is 0.321 e. The highest BCUT2D eigenvalue weighted by molar-refractivity contribution is 6.44. The molecule has 0 radical (unpaired) electrons. The fourth-order valence-corrected chi connectivity index (χ4v) is 4.76. The van der Waals surface area contributed by atoms with Crippen molar-refractivity contribution in [3.63, 3.8) is 0 Å². The van der Waals surface area contributed by atoms with E-state index < -0.39 is 9.28 Å². The summed E-state index contributed by atoms with van der Waals surface area (Å²) in [7, 11) is -1.36. The lowest BCUT2D eigenvalue weighted by Crippen LogP contribution is -2.24. The van der Waals surface area contributed by atoms with Crippen LogP contribution in [0.15, 0.2) is 12.2 Å². The minimum Gasteiger partial charge on any atom is -0.397 e. The van der Waals surface area contributed by atoms with E-state index in [0.29, 0.717) is 5.57 Å². The van der Waals surface area contributed by atoms with E-state index in [0.717, 1.165) is 32.2 Å². The summed E-state index contributed by atoms with van der Waals surface area (Å²) >= 11 is 0. The Morgan fingerprint density at radius 3 is 1.65 bits per heavy atom. The number of amides is 1. The first-order valence-corrected chi connectivity index (χ1v) is 12.5. The van der Waals surface area contributed by atoms with E-state index >= 15 is 0 Å². The van der Waals surface area contributed by atoms with E-state index in [-0.39, 0.29) is 5.91 Å². The quantitative estimate of drug-likeness (QED) is 0.187. The molecule has 0 aromatic carbocycles. The van der Waals surface area contributed by atoms with Crippen LogP contribution in [0.5, 0.6) is 0 Å². The molecule has 4 nitrogen and oxygen atoms in total. The molecule has 154 valence electrons. The van der Waals surface area contributed by atoms with Crippen molar-refractivity contribution in [1.82, 2.24) is 5.32 Å². The Kier molecular flexibility index (Phi) is 18.6. The fraction of sp³-hybridized carbons (Fsp3) is 0.857. The summed E-state index contributed by atoms with van der Waals surface area (Å²) in [5.74, 6) is -0.0151. The molecule has 0 fully saturated rings. The van der Waals surface area contributed by atoms with Gasteiger partial charge in [-0.3, -0.25) is 4.79 Å². The van der Waals surface area contributed by atoms with Gasteiger partial charge in [-0.15, -0.1) is 0 Å². The SMILES string of the molecule is C=C(C)C(=O)NCCCCCCCCCCCCC[SiH](OCC)OCC. The highest BCUT2D eigenvalue weighted by atomic mass is 28.3. The molecule has 0 unspecified atom stereocenters. The van der Waals surface area contributed by atoms with Gasteiger partial charge in [-0.05, 0) is 33.2 Å². The number of carbonyl (C=O) groups excluding carboxylic acids is 1. The van der Waals surface area contributed by atoms with Crippen molar-refractivity contribution < 1.29 is 13.6 Å². The first kappa shape index (κ1) is 25.3. The number of hydrogen-bond donors (Lipinski definition) is 1. The summed E-state index contributed by atoms with van der Waals surface area (Å²) in [5, 5.41) is 2.89. The standard InChI is InChI=1S/C21H43NO3Si/c1-5-24-26(25-6-2)19-17-15-13-11-9-7-8-10-12-14-16-18-22-21(23)20(3)4/h26H,3,5-19H2,1-2,4H3,(H,22,23). The summed E-state index contributed by atoms with van der Waals surface area (Å²) in [6.45, 7) is 11.9. The third kappa shape index (κ3) is 16.8. The van der Waals surface area contributed by atoms with Crippen molar-refractivity contribution in [3.05, 3.63) is 12.2 Å². The van der Waals surface area contributed by atoms with E-state index in [2.05, 4.69) is 25.7 Å². The molecule has 0 rings (SSSR count). The minimum atomic E-state index is -1.36. The summed E-state index contributed by atoms with van der Waals surface area (Å²) in [4.78, 5) is 11.3. The molecular weight excluding hydrogens is 342 g/mol. The maximum atomic E-state index is 11.3. The van der Waals surface area contributed by atoms with Crippen molar-refractivity contribution in [2.24, 2.45) is 0 Å². The molecular formula is C21H43NO3Si. The van der Waals surface area contributed by atoms with Gasteiger partial charge in [0.2, 0.25) is 5.91 Å². The Bertz CT molecular complexity index is 344. The van der Waals surface area contributed by atoms with E-state index in [1.54, 1.807) is 6.92 Å². The van der Waals surface area contributed by atoms with Crippen molar-refractivity contribution in [3.8, 4) is 0 Å². The normalized spacial score (nSPS) is 11.1. The van der Waals surface area contributed by atoms with E-state index in [4.69, 9.17) is 8.85 Å². The Balaban J connectivity index is 3.24. The Hall–Kier alpha value is -0.653. The minimum absolute atomic E-state index is 0.0151. The van der Waals surface area contributed by atoms with Crippen LogP contribution in [0.4, 0.5) is 0 Å². The number of nitrogens with one attached hydrogen (secondary N) is 1. The van der Waals surface area contributed by atoms with Gasteiger partial charge in [0.1, 0.15) is 0 Å². The molecule has 1 N–H and O–H groups in total. The lowest BCUT2D eigenvalue weighted by atomic mass is 10.1. The molecule has 0 atom stereocenters. The van der Waals surface area contributed by atoms with Gasteiger partial charge in [0.05, 0.1) is 0 Å². The van der Waals surface area contributed by atoms with E-state index in [1.165, 1.54) is 64.2 Å². The zero-order chi connectivity index (χ0) is 19.5. The predicted molar refractivity (Wildman–Crippen MR) is 114 cm³/mol. The largest absolute Gasteiger partial charge is 0.397 e. The molecule has 26 heavy (non-hydrogen) atoms. The van der Waals surface area contributed by atoms with Crippen LogP contribution < -0.4 is 5.32 Å². The number of unbranched alkanes of at least 4 members (excludes halogenated alkanes) is 10. The van der Waals surface area contributed by atoms with Crippen molar-refractivity contribution >= 4 is 15.2 Å². The van der Waals surface area contributed by atoms with Crippen molar-refractivity contribution in [2.75, 3.05) is 19.8 Å². The predicted octanol–water partition coefficient (Wildman–Crippen LogP) is 5.26. The third-order valence-corrected chi connectivity index (χ3v) is 6.78. The lowest BCUT2D eigenvalue weighted by molar-refractivity contribution is -0.117. The topological polar surface area (TPSA) is 47.6 Å². The Morgan fingerprint density at radius 1 is 0.808 bits per heavy atom. The van der Waals surface area contributed by atoms with Gasteiger partial charge in [-0.2, -0.15) is 0 Å². The number of rotatable bonds is 19. The molecule has 0 aromatic rings. The zero-order valence-corrected chi connectivity index (χ0v) is 18.8.